The summed E-state index contributed by atoms with van der Waals surface area (Å²) in [6, 6.07) is 2.80. The van der Waals surface area contributed by atoms with Crippen LogP contribution in [0.5, 0.6) is 0 Å². The molecule has 1 aromatic heterocycles. The standard InChI is InChI=1S/C13H19N5.C6H14N2/c14-11(9-4-2-1-3-5-9)12-10-6-7-16-13(10)17-8-18(12)15;1-7(2)6-4-8(3)5-6/h6-9,16H,1-5,14-15H2;6H,4-5H2,1-3H3/b12-11-;. The van der Waals surface area contributed by atoms with Gasteiger partial charge >= 0.3 is 0 Å². The number of likely N-dealkylation sites (tertiary alicyclic amines) is 1. The molecule has 2 aliphatic heterocycles. The summed E-state index contributed by atoms with van der Waals surface area (Å²) in [6.45, 7) is 2.49. The van der Waals surface area contributed by atoms with Crippen LogP contribution in [0.4, 0.5) is 5.82 Å². The normalized spacial score (nSPS) is 23.3. The first kappa shape index (κ1) is 18.9. The van der Waals surface area contributed by atoms with Crippen molar-refractivity contribution in [1.82, 2.24) is 19.8 Å². The molecular formula is C19H33N7. The second-order valence-corrected chi connectivity index (χ2v) is 7.87. The van der Waals surface area contributed by atoms with Gasteiger partial charge in [0.15, 0.2) is 0 Å². The lowest BCUT2D eigenvalue weighted by Crippen LogP contribution is -2.55. The summed E-state index contributed by atoms with van der Waals surface area (Å²) in [5, 5.41) is 1.54. The zero-order valence-corrected chi connectivity index (χ0v) is 16.3. The molecule has 2 fully saturated rings. The molecule has 26 heavy (non-hydrogen) atoms. The molecule has 0 atom stereocenters. The van der Waals surface area contributed by atoms with Gasteiger partial charge in [-0.3, -0.25) is 5.01 Å². The number of H-pyrrole nitrogens is 1. The van der Waals surface area contributed by atoms with E-state index in [2.05, 4.69) is 40.9 Å². The van der Waals surface area contributed by atoms with Crippen molar-refractivity contribution in [3.63, 3.8) is 0 Å². The van der Waals surface area contributed by atoms with Gasteiger partial charge in [-0.05, 0) is 40.1 Å². The van der Waals surface area contributed by atoms with Gasteiger partial charge in [0.25, 0.3) is 0 Å². The zero-order valence-electron chi connectivity index (χ0n) is 16.3. The maximum atomic E-state index is 6.37. The monoisotopic (exact) mass is 359 g/mol. The van der Waals surface area contributed by atoms with Gasteiger partial charge in [0.1, 0.15) is 12.2 Å². The molecule has 0 amide bonds. The van der Waals surface area contributed by atoms with Gasteiger partial charge in [-0.15, -0.1) is 0 Å². The van der Waals surface area contributed by atoms with E-state index in [1.807, 2.05) is 12.3 Å². The third kappa shape index (κ3) is 4.11. The van der Waals surface area contributed by atoms with Crippen molar-refractivity contribution < 1.29 is 0 Å². The van der Waals surface area contributed by atoms with Crippen LogP contribution in [0.15, 0.2) is 23.0 Å². The Morgan fingerprint density at radius 1 is 1.23 bits per heavy atom. The SMILES string of the molecule is CN1CC(N(C)C)C1.N/C(=C1/c2cc[nH]c2N=CN1N)C1CCCCC1. The van der Waals surface area contributed by atoms with Crippen LogP contribution in [-0.2, 0) is 0 Å². The Balaban J connectivity index is 0.000000206. The van der Waals surface area contributed by atoms with E-state index in [0.717, 1.165) is 28.8 Å². The van der Waals surface area contributed by atoms with Gasteiger partial charge in [-0.1, -0.05) is 19.3 Å². The maximum Gasteiger partial charge on any atom is 0.141 e. The lowest BCUT2D eigenvalue weighted by molar-refractivity contribution is 0.0878. The molecule has 1 saturated carbocycles. The van der Waals surface area contributed by atoms with Crippen molar-refractivity contribution >= 4 is 17.9 Å². The number of hydrogen-bond acceptors (Lipinski definition) is 6. The average Bonchev–Trinajstić information content (AvgIpc) is 3.08. The van der Waals surface area contributed by atoms with Crippen LogP contribution in [0.3, 0.4) is 0 Å². The molecule has 0 aromatic carbocycles. The maximum absolute atomic E-state index is 6.37. The van der Waals surface area contributed by atoms with Crippen molar-refractivity contribution in [1.29, 1.82) is 0 Å². The molecule has 5 N–H and O–H groups in total. The highest BCUT2D eigenvalue weighted by molar-refractivity contribution is 5.86. The highest BCUT2D eigenvalue weighted by atomic mass is 15.4. The molecule has 1 aliphatic carbocycles. The minimum atomic E-state index is 0.453. The minimum absolute atomic E-state index is 0.453. The third-order valence-corrected chi connectivity index (χ3v) is 5.64. The molecule has 0 bridgehead atoms. The Kier molecular flexibility index (Phi) is 6.01. The first-order chi connectivity index (χ1) is 12.5. The summed E-state index contributed by atoms with van der Waals surface area (Å²) < 4.78 is 0. The number of nitrogens with one attached hydrogen (secondary N) is 1. The number of nitrogens with two attached hydrogens (primary N) is 2. The predicted octanol–water partition coefficient (Wildman–Crippen LogP) is 1.93. The van der Waals surface area contributed by atoms with Gasteiger partial charge in [0.2, 0.25) is 0 Å². The quantitative estimate of drug-likeness (QED) is 0.702. The average molecular weight is 360 g/mol. The van der Waals surface area contributed by atoms with E-state index >= 15 is 0 Å². The van der Waals surface area contributed by atoms with E-state index in [1.54, 1.807) is 11.3 Å². The second-order valence-electron chi connectivity index (χ2n) is 7.87. The number of hydrogen-bond donors (Lipinski definition) is 3. The number of nitrogens with zero attached hydrogens (tertiary/aromatic N) is 4. The number of aromatic amines is 1. The Hall–Kier alpha value is -1.83. The Morgan fingerprint density at radius 3 is 2.50 bits per heavy atom. The molecule has 7 nitrogen and oxygen atoms in total. The van der Waals surface area contributed by atoms with E-state index in [1.165, 1.54) is 45.2 Å². The molecule has 3 aliphatic rings. The highest BCUT2D eigenvalue weighted by Gasteiger charge is 2.25. The largest absolute Gasteiger partial charge is 0.400 e. The van der Waals surface area contributed by atoms with Crippen molar-refractivity contribution in [2.45, 2.75) is 38.1 Å². The molecule has 7 heteroatoms. The second kappa shape index (κ2) is 8.24. The minimum Gasteiger partial charge on any atom is -0.400 e. The van der Waals surface area contributed by atoms with Gasteiger partial charge in [0.05, 0.1) is 5.70 Å². The lowest BCUT2D eigenvalue weighted by Gasteiger charge is -2.40. The number of rotatable bonds is 2. The molecular weight excluding hydrogens is 326 g/mol. The fourth-order valence-corrected chi connectivity index (χ4v) is 3.88. The zero-order chi connectivity index (χ0) is 18.7. The molecule has 0 radical (unpaired) electrons. The van der Waals surface area contributed by atoms with Crippen molar-refractivity contribution in [3.05, 3.63) is 23.5 Å². The van der Waals surface area contributed by atoms with Crippen LogP contribution < -0.4 is 11.6 Å². The number of fused-ring (bicyclic) bond motifs is 1. The fraction of sp³-hybridized carbons (Fsp3) is 0.632. The topological polar surface area (TPSA) is 89.9 Å². The third-order valence-electron chi connectivity index (χ3n) is 5.64. The lowest BCUT2D eigenvalue weighted by atomic mass is 9.85. The van der Waals surface area contributed by atoms with Gasteiger partial charge in [-0.25, -0.2) is 10.8 Å². The van der Waals surface area contributed by atoms with E-state index < -0.39 is 0 Å². The van der Waals surface area contributed by atoms with Crippen LogP contribution in [-0.4, -0.2) is 66.4 Å². The smallest absolute Gasteiger partial charge is 0.141 e. The van der Waals surface area contributed by atoms with E-state index in [0.29, 0.717) is 5.92 Å². The van der Waals surface area contributed by atoms with Gasteiger partial charge < -0.3 is 20.5 Å². The molecule has 0 unspecified atom stereocenters. The summed E-state index contributed by atoms with van der Waals surface area (Å²) in [5.74, 6) is 7.28. The van der Waals surface area contributed by atoms with E-state index in [4.69, 9.17) is 11.6 Å². The Morgan fingerprint density at radius 2 is 1.92 bits per heavy atom. The number of aromatic nitrogens is 1. The summed E-state index contributed by atoms with van der Waals surface area (Å²) in [6.07, 6.45) is 9.66. The first-order valence-electron chi connectivity index (χ1n) is 9.58. The molecule has 1 aromatic rings. The summed E-state index contributed by atoms with van der Waals surface area (Å²) in [4.78, 5) is 11.9. The molecule has 4 rings (SSSR count). The first-order valence-corrected chi connectivity index (χ1v) is 9.58. The fourth-order valence-electron chi connectivity index (χ4n) is 3.88. The van der Waals surface area contributed by atoms with Crippen LogP contribution in [0.2, 0.25) is 0 Å². The predicted molar refractivity (Wildman–Crippen MR) is 108 cm³/mol. The molecule has 1 saturated heterocycles. The van der Waals surface area contributed by atoms with Crippen molar-refractivity contribution in [2.75, 3.05) is 34.2 Å². The van der Waals surface area contributed by atoms with Crippen LogP contribution in [0, 0.1) is 5.92 Å². The molecule has 144 valence electrons. The van der Waals surface area contributed by atoms with Crippen molar-refractivity contribution in [3.8, 4) is 0 Å². The molecule has 3 heterocycles. The number of allylic oxidation sites excluding steroid dienone is 1. The van der Waals surface area contributed by atoms with E-state index in [-0.39, 0.29) is 0 Å². The number of hydrazine groups is 1. The van der Waals surface area contributed by atoms with Gasteiger partial charge in [-0.2, -0.15) is 0 Å². The summed E-state index contributed by atoms with van der Waals surface area (Å²) >= 11 is 0. The van der Waals surface area contributed by atoms with Crippen LogP contribution in [0.1, 0.15) is 37.7 Å². The Labute approximate surface area is 156 Å². The molecule has 0 spiro atoms. The number of aliphatic imine (C=N–C) groups is 1. The summed E-state index contributed by atoms with van der Waals surface area (Å²) in [5.41, 5.74) is 9.19. The van der Waals surface area contributed by atoms with Crippen LogP contribution >= 0.6 is 0 Å². The number of likely N-dealkylation sites (N-methyl/N-ethyl adjacent to an activating group) is 2. The van der Waals surface area contributed by atoms with E-state index in [9.17, 15) is 0 Å². The van der Waals surface area contributed by atoms with Gasteiger partial charge in [0, 0.05) is 42.5 Å². The summed E-state index contributed by atoms with van der Waals surface area (Å²) in [7, 11) is 6.43. The van der Waals surface area contributed by atoms with Crippen LogP contribution in [0.25, 0.3) is 5.70 Å². The Bertz CT molecular complexity index is 649. The highest BCUT2D eigenvalue weighted by Crippen LogP contribution is 2.36. The van der Waals surface area contributed by atoms with Crippen molar-refractivity contribution in [2.24, 2.45) is 22.5 Å².